The summed E-state index contributed by atoms with van der Waals surface area (Å²) in [6, 6.07) is 21.8. The van der Waals surface area contributed by atoms with Gasteiger partial charge in [0, 0.05) is 24.8 Å². The second-order valence-corrected chi connectivity index (χ2v) is 8.77. The number of amides is 1. The molecule has 0 aliphatic heterocycles. The van der Waals surface area contributed by atoms with Crippen LogP contribution in [-0.2, 0) is 16.6 Å². The molecule has 0 radical (unpaired) electrons. The summed E-state index contributed by atoms with van der Waals surface area (Å²) in [7, 11) is -1.07. The highest BCUT2D eigenvalue weighted by Crippen LogP contribution is 2.28. The Kier molecular flexibility index (Phi) is 6.70. The molecule has 0 saturated carbocycles. The van der Waals surface area contributed by atoms with Crippen molar-refractivity contribution in [1.29, 1.82) is 5.26 Å². The van der Waals surface area contributed by atoms with Crippen LogP contribution >= 0.6 is 0 Å². The molecule has 0 aromatic heterocycles. The van der Waals surface area contributed by atoms with Crippen LogP contribution in [0.2, 0.25) is 0 Å². The molecule has 8 heteroatoms. The standard InChI is InChI=1S/C23H21N3O4S/c1-26(16-18-6-4-3-5-7-18)31(28,29)22-14-19(10-13-21(22)30-2)23(27)25-20-11-8-17(15-24)9-12-20/h3-14H,16H2,1-2H3,(H,25,27). The third-order valence-electron chi connectivity index (χ3n) is 4.63. The van der Waals surface area contributed by atoms with Gasteiger partial charge in [-0.25, -0.2) is 8.42 Å². The Morgan fingerprint density at radius 1 is 1.06 bits per heavy atom. The molecule has 0 spiro atoms. The van der Waals surface area contributed by atoms with Gasteiger partial charge in [-0.15, -0.1) is 0 Å². The highest BCUT2D eigenvalue weighted by atomic mass is 32.2. The van der Waals surface area contributed by atoms with Gasteiger partial charge in [0.05, 0.1) is 18.7 Å². The van der Waals surface area contributed by atoms with E-state index in [0.717, 1.165) is 5.56 Å². The molecule has 3 aromatic carbocycles. The van der Waals surface area contributed by atoms with Crippen molar-refractivity contribution in [3.63, 3.8) is 0 Å². The minimum atomic E-state index is -3.93. The molecular formula is C23H21N3O4S. The van der Waals surface area contributed by atoms with Gasteiger partial charge in [0.1, 0.15) is 10.6 Å². The van der Waals surface area contributed by atoms with E-state index in [1.54, 1.807) is 24.3 Å². The monoisotopic (exact) mass is 435 g/mol. The molecule has 1 N–H and O–H groups in total. The number of carbonyl (C=O) groups is 1. The maximum Gasteiger partial charge on any atom is 0.255 e. The van der Waals surface area contributed by atoms with Crippen LogP contribution in [0.3, 0.4) is 0 Å². The van der Waals surface area contributed by atoms with Gasteiger partial charge >= 0.3 is 0 Å². The fourth-order valence-corrected chi connectivity index (χ4v) is 4.28. The van der Waals surface area contributed by atoms with Gasteiger partial charge in [0.2, 0.25) is 10.0 Å². The molecule has 0 aliphatic carbocycles. The van der Waals surface area contributed by atoms with Gasteiger partial charge < -0.3 is 10.1 Å². The Balaban J connectivity index is 1.88. The molecule has 7 nitrogen and oxygen atoms in total. The van der Waals surface area contributed by atoms with E-state index >= 15 is 0 Å². The lowest BCUT2D eigenvalue weighted by Crippen LogP contribution is -2.27. The van der Waals surface area contributed by atoms with Crippen molar-refractivity contribution in [3.8, 4) is 11.8 Å². The van der Waals surface area contributed by atoms with E-state index in [0.29, 0.717) is 11.3 Å². The van der Waals surface area contributed by atoms with Crippen molar-refractivity contribution in [2.75, 3.05) is 19.5 Å². The molecule has 0 bridgehead atoms. The first-order valence-electron chi connectivity index (χ1n) is 9.35. The molecule has 3 aromatic rings. The second kappa shape index (κ2) is 9.43. The largest absolute Gasteiger partial charge is 0.495 e. The van der Waals surface area contributed by atoms with Gasteiger partial charge in [-0.05, 0) is 48.0 Å². The van der Waals surface area contributed by atoms with E-state index in [2.05, 4.69) is 5.32 Å². The van der Waals surface area contributed by atoms with Crippen molar-refractivity contribution in [2.24, 2.45) is 0 Å². The van der Waals surface area contributed by atoms with Crippen LogP contribution in [0.5, 0.6) is 5.75 Å². The summed E-state index contributed by atoms with van der Waals surface area (Å²) < 4.78 is 32.9. The average molecular weight is 436 g/mol. The quantitative estimate of drug-likeness (QED) is 0.611. The zero-order valence-electron chi connectivity index (χ0n) is 17.1. The number of nitrogens with zero attached hydrogens (tertiary/aromatic N) is 2. The Morgan fingerprint density at radius 3 is 2.35 bits per heavy atom. The zero-order valence-corrected chi connectivity index (χ0v) is 17.9. The molecule has 0 saturated heterocycles. The fourth-order valence-electron chi connectivity index (χ4n) is 2.94. The minimum Gasteiger partial charge on any atom is -0.495 e. The first-order valence-corrected chi connectivity index (χ1v) is 10.8. The van der Waals surface area contributed by atoms with Crippen LogP contribution in [0.1, 0.15) is 21.5 Å². The maximum absolute atomic E-state index is 13.2. The topological polar surface area (TPSA) is 99.5 Å². The van der Waals surface area contributed by atoms with Gasteiger partial charge in [0.25, 0.3) is 5.91 Å². The highest BCUT2D eigenvalue weighted by Gasteiger charge is 2.26. The molecule has 158 valence electrons. The van der Waals surface area contributed by atoms with Crippen molar-refractivity contribution >= 4 is 21.6 Å². The van der Waals surface area contributed by atoms with Gasteiger partial charge in [-0.2, -0.15) is 9.57 Å². The summed E-state index contributed by atoms with van der Waals surface area (Å²) in [6.07, 6.45) is 0. The van der Waals surface area contributed by atoms with Crippen LogP contribution in [0, 0.1) is 11.3 Å². The van der Waals surface area contributed by atoms with Crippen LogP contribution in [0.4, 0.5) is 5.69 Å². The molecule has 31 heavy (non-hydrogen) atoms. The summed E-state index contributed by atoms with van der Waals surface area (Å²) in [6.45, 7) is 0.175. The molecule has 3 rings (SSSR count). The van der Waals surface area contributed by atoms with Crippen LogP contribution < -0.4 is 10.1 Å². The number of hydrogen-bond donors (Lipinski definition) is 1. The summed E-state index contributed by atoms with van der Waals surface area (Å²) in [5.41, 5.74) is 1.96. The summed E-state index contributed by atoms with van der Waals surface area (Å²) in [5.74, 6) is -0.329. The molecule has 0 heterocycles. The number of sulfonamides is 1. The van der Waals surface area contributed by atoms with E-state index in [1.807, 2.05) is 36.4 Å². The lowest BCUT2D eigenvalue weighted by molar-refractivity contribution is 0.102. The predicted molar refractivity (Wildman–Crippen MR) is 117 cm³/mol. The number of hydrogen-bond acceptors (Lipinski definition) is 5. The van der Waals surface area contributed by atoms with Crippen molar-refractivity contribution in [2.45, 2.75) is 11.4 Å². The minimum absolute atomic E-state index is 0.0964. The van der Waals surface area contributed by atoms with Gasteiger partial charge in [-0.3, -0.25) is 4.79 Å². The average Bonchev–Trinajstić information content (AvgIpc) is 2.79. The summed E-state index contributed by atoms with van der Waals surface area (Å²) in [4.78, 5) is 12.6. The highest BCUT2D eigenvalue weighted by molar-refractivity contribution is 7.89. The molecule has 0 aliphatic rings. The fraction of sp³-hybridized carbons (Fsp3) is 0.130. The number of anilines is 1. The Hall–Kier alpha value is -3.67. The lowest BCUT2D eigenvalue weighted by Gasteiger charge is -2.19. The normalized spacial score (nSPS) is 11.0. The van der Waals surface area contributed by atoms with Gasteiger partial charge in [-0.1, -0.05) is 30.3 Å². The van der Waals surface area contributed by atoms with Crippen LogP contribution in [-0.4, -0.2) is 32.8 Å². The molecular weight excluding hydrogens is 414 g/mol. The number of nitrogens with one attached hydrogen (secondary N) is 1. The lowest BCUT2D eigenvalue weighted by atomic mass is 10.2. The number of ether oxygens (including phenoxy) is 1. The van der Waals surface area contributed by atoms with E-state index in [1.165, 1.54) is 36.7 Å². The molecule has 0 unspecified atom stereocenters. The predicted octanol–water partition coefficient (Wildman–Crippen LogP) is 3.64. The van der Waals surface area contributed by atoms with Crippen LogP contribution in [0.25, 0.3) is 0 Å². The summed E-state index contributed by atoms with van der Waals surface area (Å²) >= 11 is 0. The Bertz CT molecular complexity index is 1220. The molecule has 1 amide bonds. The first-order chi connectivity index (χ1) is 14.8. The Labute approximate surface area is 181 Å². The number of methoxy groups -OCH3 is 1. The van der Waals surface area contributed by atoms with E-state index in [9.17, 15) is 13.2 Å². The number of rotatable bonds is 7. The van der Waals surface area contributed by atoms with E-state index < -0.39 is 15.9 Å². The number of carbonyl (C=O) groups excluding carboxylic acids is 1. The smallest absolute Gasteiger partial charge is 0.255 e. The van der Waals surface area contributed by atoms with Crippen molar-refractivity contribution in [3.05, 3.63) is 89.5 Å². The van der Waals surface area contributed by atoms with Crippen molar-refractivity contribution in [1.82, 2.24) is 4.31 Å². The third-order valence-corrected chi connectivity index (χ3v) is 6.46. The molecule has 0 atom stereocenters. The number of benzene rings is 3. The van der Waals surface area contributed by atoms with Crippen LogP contribution in [0.15, 0.2) is 77.7 Å². The summed E-state index contributed by atoms with van der Waals surface area (Å²) in [5, 5.41) is 11.6. The second-order valence-electron chi connectivity index (χ2n) is 6.76. The third kappa shape index (κ3) is 5.09. The van der Waals surface area contributed by atoms with E-state index in [4.69, 9.17) is 10.00 Å². The first kappa shape index (κ1) is 22.0. The molecule has 0 fully saturated rings. The van der Waals surface area contributed by atoms with E-state index in [-0.39, 0.29) is 22.8 Å². The number of nitriles is 1. The van der Waals surface area contributed by atoms with Gasteiger partial charge in [0.15, 0.2) is 0 Å². The Morgan fingerprint density at radius 2 is 1.74 bits per heavy atom. The zero-order chi connectivity index (χ0) is 22.4. The van der Waals surface area contributed by atoms with Crippen molar-refractivity contribution < 1.29 is 17.9 Å². The maximum atomic E-state index is 13.2. The SMILES string of the molecule is COc1ccc(C(=O)Nc2ccc(C#N)cc2)cc1S(=O)(=O)N(C)Cc1ccccc1.